The lowest BCUT2D eigenvalue weighted by atomic mass is 10.1. The zero-order valence-corrected chi connectivity index (χ0v) is 15.5. The van der Waals surface area contributed by atoms with Crippen molar-refractivity contribution in [1.29, 1.82) is 0 Å². The molecule has 0 unspecified atom stereocenters. The average Bonchev–Trinajstić information content (AvgIpc) is 3.06. The molecule has 0 amide bonds. The average molecular weight is 404 g/mol. The highest BCUT2D eigenvalue weighted by molar-refractivity contribution is 6.31. The molecule has 6 nitrogen and oxygen atoms in total. The first-order chi connectivity index (χ1) is 13.5. The molecule has 28 heavy (non-hydrogen) atoms. The fourth-order valence-corrected chi connectivity index (χ4v) is 3.28. The number of rotatable bonds is 5. The van der Waals surface area contributed by atoms with Gasteiger partial charge in [-0.2, -0.15) is 0 Å². The molecule has 2 aromatic carbocycles. The zero-order valence-electron chi connectivity index (χ0n) is 14.8. The van der Waals surface area contributed by atoms with Crippen molar-refractivity contribution in [3.63, 3.8) is 0 Å². The van der Waals surface area contributed by atoms with Crippen LogP contribution < -0.4 is 16.2 Å². The van der Waals surface area contributed by atoms with Gasteiger partial charge in [0.2, 0.25) is 0 Å². The monoisotopic (exact) mass is 403 g/mol. The van der Waals surface area contributed by atoms with Gasteiger partial charge in [-0.05, 0) is 31.3 Å². The van der Waals surface area contributed by atoms with Crippen molar-refractivity contribution < 1.29 is 8.78 Å². The van der Waals surface area contributed by atoms with Gasteiger partial charge in [0.1, 0.15) is 11.4 Å². The van der Waals surface area contributed by atoms with Crippen LogP contribution in [0.25, 0.3) is 33.3 Å². The lowest BCUT2D eigenvalue weighted by molar-refractivity contribution is 0.510. The number of nitrogens with one attached hydrogen (secondary N) is 4. The number of halogens is 3. The summed E-state index contributed by atoms with van der Waals surface area (Å²) in [6.07, 6.45) is 0. The van der Waals surface area contributed by atoms with E-state index >= 15 is 0 Å². The van der Waals surface area contributed by atoms with E-state index in [1.165, 1.54) is 0 Å². The molecule has 0 bridgehead atoms. The summed E-state index contributed by atoms with van der Waals surface area (Å²) in [6, 6.07) is 7.17. The molecule has 0 fully saturated rings. The Labute approximate surface area is 162 Å². The third-order valence-electron chi connectivity index (χ3n) is 4.41. The van der Waals surface area contributed by atoms with E-state index < -0.39 is 17.2 Å². The molecule has 4 N–H and O–H groups in total. The van der Waals surface area contributed by atoms with Gasteiger partial charge in [0.15, 0.2) is 11.6 Å². The van der Waals surface area contributed by atoms with Gasteiger partial charge in [0.05, 0.1) is 22.2 Å². The number of H-pyrrole nitrogens is 2. The van der Waals surface area contributed by atoms with Gasteiger partial charge in [-0.3, -0.25) is 4.79 Å². The first-order valence-corrected chi connectivity index (χ1v) is 8.95. The van der Waals surface area contributed by atoms with Crippen molar-refractivity contribution in [3.8, 4) is 11.4 Å². The van der Waals surface area contributed by atoms with Gasteiger partial charge in [-0.15, -0.1) is 0 Å². The standard InChI is InChI=1S/C19H16ClF2N5O/c1-23-4-5-24-17-10-7-11(21)12(22)8-14(10)27-19(28)16(17)18-25-13-3-2-9(20)6-15(13)26-18/h2-3,6-8,23H,4-5H2,1H3,(H,25,26)(H2,24,27,28). The highest BCUT2D eigenvalue weighted by Crippen LogP contribution is 2.32. The van der Waals surface area contributed by atoms with Crippen molar-refractivity contribution in [2.24, 2.45) is 0 Å². The van der Waals surface area contributed by atoms with E-state index in [1.54, 1.807) is 25.2 Å². The molecule has 0 atom stereocenters. The number of hydrogen-bond donors (Lipinski definition) is 4. The zero-order chi connectivity index (χ0) is 19.8. The predicted molar refractivity (Wildman–Crippen MR) is 107 cm³/mol. The Morgan fingerprint density at radius 1 is 1.07 bits per heavy atom. The van der Waals surface area contributed by atoms with E-state index in [2.05, 4.69) is 25.6 Å². The van der Waals surface area contributed by atoms with Crippen LogP contribution in [-0.4, -0.2) is 35.1 Å². The summed E-state index contributed by atoms with van der Waals surface area (Å²) in [5, 5.41) is 7.00. The van der Waals surface area contributed by atoms with Crippen LogP contribution in [0.15, 0.2) is 35.1 Å². The normalized spacial score (nSPS) is 11.4. The lowest BCUT2D eigenvalue weighted by Gasteiger charge is -2.14. The van der Waals surface area contributed by atoms with E-state index in [4.69, 9.17) is 11.6 Å². The maximum absolute atomic E-state index is 13.9. The van der Waals surface area contributed by atoms with Gasteiger partial charge in [0, 0.05) is 29.6 Å². The number of pyridine rings is 1. The van der Waals surface area contributed by atoms with E-state index in [0.29, 0.717) is 46.0 Å². The summed E-state index contributed by atoms with van der Waals surface area (Å²) in [5.41, 5.74) is 1.59. The summed E-state index contributed by atoms with van der Waals surface area (Å²) >= 11 is 6.01. The van der Waals surface area contributed by atoms with E-state index in [0.717, 1.165) is 12.1 Å². The Bertz CT molecular complexity index is 1250. The molecule has 0 saturated heterocycles. The van der Waals surface area contributed by atoms with Crippen LogP contribution >= 0.6 is 11.6 Å². The van der Waals surface area contributed by atoms with Crippen LogP contribution in [0.3, 0.4) is 0 Å². The molecule has 4 aromatic rings. The minimum Gasteiger partial charge on any atom is -0.382 e. The predicted octanol–water partition coefficient (Wildman–Crippen LogP) is 3.63. The number of aromatic amines is 2. The Morgan fingerprint density at radius 3 is 2.64 bits per heavy atom. The van der Waals surface area contributed by atoms with Crippen molar-refractivity contribution in [1.82, 2.24) is 20.3 Å². The Hall–Kier alpha value is -2.97. The third kappa shape index (κ3) is 3.21. The van der Waals surface area contributed by atoms with Gasteiger partial charge in [-0.1, -0.05) is 11.6 Å². The van der Waals surface area contributed by atoms with Gasteiger partial charge < -0.3 is 20.6 Å². The summed E-state index contributed by atoms with van der Waals surface area (Å²) in [6.45, 7) is 1.07. The Morgan fingerprint density at radius 2 is 1.86 bits per heavy atom. The van der Waals surface area contributed by atoms with E-state index in [1.807, 2.05) is 0 Å². The molecule has 0 aliphatic heterocycles. The van der Waals surface area contributed by atoms with E-state index in [9.17, 15) is 13.6 Å². The molecule has 0 spiro atoms. The molecule has 0 radical (unpaired) electrons. The first-order valence-electron chi connectivity index (χ1n) is 8.57. The molecule has 0 aliphatic carbocycles. The summed E-state index contributed by atoms with van der Waals surface area (Å²) < 4.78 is 27.6. The van der Waals surface area contributed by atoms with Crippen molar-refractivity contribution in [2.75, 3.05) is 25.5 Å². The first kappa shape index (κ1) is 18.4. The summed E-state index contributed by atoms with van der Waals surface area (Å²) in [7, 11) is 1.79. The van der Waals surface area contributed by atoms with Gasteiger partial charge >= 0.3 is 0 Å². The molecule has 0 saturated carbocycles. The number of aromatic nitrogens is 3. The lowest BCUT2D eigenvalue weighted by Crippen LogP contribution is -2.21. The molecular formula is C19H16ClF2N5O. The molecule has 2 heterocycles. The maximum Gasteiger partial charge on any atom is 0.261 e. The molecule has 2 aromatic heterocycles. The largest absolute Gasteiger partial charge is 0.382 e. The number of benzene rings is 2. The smallest absolute Gasteiger partial charge is 0.261 e. The number of fused-ring (bicyclic) bond motifs is 2. The summed E-state index contributed by atoms with van der Waals surface area (Å²) in [5.74, 6) is -1.73. The molecule has 144 valence electrons. The highest BCUT2D eigenvalue weighted by atomic mass is 35.5. The minimum atomic E-state index is -1.03. The number of anilines is 1. The van der Waals surface area contributed by atoms with Crippen LogP contribution in [0.4, 0.5) is 14.5 Å². The fraction of sp³-hybridized carbons (Fsp3) is 0.158. The van der Waals surface area contributed by atoms with Gasteiger partial charge in [0.25, 0.3) is 5.56 Å². The number of hydrogen-bond acceptors (Lipinski definition) is 4. The van der Waals surface area contributed by atoms with Crippen LogP contribution in [0.2, 0.25) is 5.02 Å². The fourth-order valence-electron chi connectivity index (χ4n) is 3.11. The molecule has 0 aliphatic rings. The second-order valence-corrected chi connectivity index (χ2v) is 6.73. The number of nitrogens with zero attached hydrogens (tertiary/aromatic N) is 1. The van der Waals surface area contributed by atoms with Crippen LogP contribution in [0.5, 0.6) is 0 Å². The Kier molecular flexibility index (Phi) is 4.74. The minimum absolute atomic E-state index is 0.193. The SMILES string of the molecule is CNCCNc1c(-c2nc3cc(Cl)ccc3[nH]2)c(=O)[nH]c2cc(F)c(F)cc12. The third-order valence-corrected chi connectivity index (χ3v) is 4.65. The molecule has 9 heteroatoms. The van der Waals surface area contributed by atoms with Crippen molar-refractivity contribution in [3.05, 3.63) is 57.3 Å². The van der Waals surface area contributed by atoms with Crippen LogP contribution in [-0.2, 0) is 0 Å². The van der Waals surface area contributed by atoms with Crippen molar-refractivity contribution in [2.45, 2.75) is 0 Å². The van der Waals surface area contributed by atoms with E-state index in [-0.39, 0.29) is 11.1 Å². The van der Waals surface area contributed by atoms with Crippen molar-refractivity contribution >= 4 is 39.2 Å². The van der Waals surface area contributed by atoms with Gasteiger partial charge in [-0.25, -0.2) is 13.8 Å². The quantitative estimate of drug-likeness (QED) is 0.383. The number of imidazole rings is 1. The van der Waals surface area contributed by atoms with Crippen LogP contribution in [0, 0.1) is 11.6 Å². The second-order valence-electron chi connectivity index (χ2n) is 6.29. The second kappa shape index (κ2) is 7.21. The topological polar surface area (TPSA) is 85.6 Å². The van der Waals surface area contributed by atoms with Crippen LogP contribution in [0.1, 0.15) is 0 Å². The highest BCUT2D eigenvalue weighted by Gasteiger charge is 2.19. The Balaban J connectivity index is 1.99. The molecular weight excluding hydrogens is 388 g/mol. The maximum atomic E-state index is 13.9. The summed E-state index contributed by atoms with van der Waals surface area (Å²) in [4.78, 5) is 23.0. The molecule has 4 rings (SSSR count). The number of likely N-dealkylation sites (N-methyl/N-ethyl adjacent to an activating group) is 1.